The van der Waals surface area contributed by atoms with Gasteiger partial charge in [0.1, 0.15) is 0 Å². The number of rotatable bonds is 4. The van der Waals surface area contributed by atoms with Gasteiger partial charge in [-0.1, -0.05) is 17.7 Å². The highest BCUT2D eigenvalue weighted by Gasteiger charge is 2.13. The predicted molar refractivity (Wildman–Crippen MR) is 92.6 cm³/mol. The third-order valence-electron chi connectivity index (χ3n) is 3.14. The topological polar surface area (TPSA) is 29.9 Å². The molecule has 2 aromatic heterocycles. The Bertz CT molecular complexity index is 739. The van der Waals surface area contributed by atoms with Crippen molar-refractivity contribution in [3.63, 3.8) is 0 Å². The van der Waals surface area contributed by atoms with Crippen LogP contribution >= 0.6 is 38.9 Å². The highest BCUT2D eigenvalue weighted by molar-refractivity contribution is 9.10. The number of benzene rings is 1. The van der Waals surface area contributed by atoms with Gasteiger partial charge in [0.2, 0.25) is 0 Å². The quantitative estimate of drug-likeness (QED) is 0.643. The molecule has 0 radical (unpaired) electrons. The molecule has 1 N–H and O–H groups in total. The van der Waals surface area contributed by atoms with Crippen LogP contribution in [0.1, 0.15) is 17.8 Å². The number of aromatic nitrogens is 2. The van der Waals surface area contributed by atoms with Crippen LogP contribution in [0.2, 0.25) is 5.02 Å². The Kier molecular flexibility index (Phi) is 4.33. The van der Waals surface area contributed by atoms with Crippen molar-refractivity contribution in [3.8, 4) is 5.69 Å². The molecule has 1 unspecified atom stereocenters. The van der Waals surface area contributed by atoms with Crippen LogP contribution in [0.4, 0.5) is 5.69 Å². The zero-order valence-corrected chi connectivity index (χ0v) is 14.4. The summed E-state index contributed by atoms with van der Waals surface area (Å²) in [5.74, 6) is 0. The second-order valence-electron chi connectivity index (χ2n) is 4.64. The minimum Gasteiger partial charge on any atom is -0.376 e. The number of hydrogen-bond acceptors (Lipinski definition) is 3. The first-order valence-electron chi connectivity index (χ1n) is 6.42. The van der Waals surface area contributed by atoms with Crippen LogP contribution in [-0.2, 0) is 0 Å². The Morgan fingerprint density at radius 1 is 1.43 bits per heavy atom. The minimum atomic E-state index is 0.196. The molecule has 0 fully saturated rings. The Morgan fingerprint density at radius 3 is 2.95 bits per heavy atom. The third kappa shape index (κ3) is 3.15. The first kappa shape index (κ1) is 14.6. The van der Waals surface area contributed by atoms with Crippen molar-refractivity contribution < 1.29 is 0 Å². The van der Waals surface area contributed by atoms with Crippen LogP contribution in [0, 0.1) is 0 Å². The summed E-state index contributed by atoms with van der Waals surface area (Å²) in [6.07, 6.45) is 5.38. The summed E-state index contributed by atoms with van der Waals surface area (Å²) in [5, 5.41) is 6.30. The molecular weight excluding hydrogens is 370 g/mol. The van der Waals surface area contributed by atoms with Crippen molar-refractivity contribution in [1.82, 2.24) is 9.55 Å². The second-order valence-corrected chi connectivity index (χ2v) is 6.90. The maximum atomic E-state index is 6.36. The van der Waals surface area contributed by atoms with E-state index in [0.717, 1.165) is 15.8 Å². The standard InChI is InChI=1S/C15H13BrClN3S/c1-10(14-7-11(16)8-21-14)19-13-4-2-3-12(17)15(13)20-6-5-18-9-20/h2-10,19H,1H3. The first-order valence-corrected chi connectivity index (χ1v) is 8.47. The molecule has 3 nitrogen and oxygen atoms in total. The lowest BCUT2D eigenvalue weighted by molar-refractivity contribution is 0.901. The zero-order chi connectivity index (χ0) is 14.8. The van der Waals surface area contributed by atoms with E-state index in [9.17, 15) is 0 Å². The van der Waals surface area contributed by atoms with Crippen LogP contribution in [0.15, 0.2) is 52.8 Å². The van der Waals surface area contributed by atoms with E-state index in [1.165, 1.54) is 4.88 Å². The van der Waals surface area contributed by atoms with Crippen molar-refractivity contribution in [2.45, 2.75) is 13.0 Å². The Labute approximate surface area is 140 Å². The third-order valence-corrected chi connectivity index (χ3v) is 5.32. The van der Waals surface area contributed by atoms with E-state index in [4.69, 9.17) is 11.6 Å². The maximum Gasteiger partial charge on any atom is 0.0992 e. The SMILES string of the molecule is CC(Nc1cccc(Cl)c1-n1ccnc1)c1cc(Br)cs1. The predicted octanol–water partition coefficient (Wildman–Crippen LogP) is 5.52. The monoisotopic (exact) mass is 381 g/mol. The molecule has 0 saturated heterocycles. The Morgan fingerprint density at radius 2 is 2.29 bits per heavy atom. The van der Waals surface area contributed by atoms with Gasteiger partial charge in [0.25, 0.3) is 0 Å². The van der Waals surface area contributed by atoms with Crippen molar-refractivity contribution in [2.75, 3.05) is 5.32 Å². The lowest BCUT2D eigenvalue weighted by Gasteiger charge is -2.18. The molecule has 0 bridgehead atoms. The summed E-state index contributed by atoms with van der Waals surface area (Å²) in [7, 11) is 0. The lowest BCUT2D eigenvalue weighted by Crippen LogP contribution is -2.08. The summed E-state index contributed by atoms with van der Waals surface area (Å²) < 4.78 is 3.03. The number of hydrogen-bond donors (Lipinski definition) is 1. The van der Waals surface area contributed by atoms with Gasteiger partial charge in [-0.15, -0.1) is 11.3 Å². The summed E-state index contributed by atoms with van der Waals surface area (Å²) in [6, 6.07) is 8.18. The molecule has 21 heavy (non-hydrogen) atoms. The highest BCUT2D eigenvalue weighted by Crippen LogP contribution is 2.33. The van der Waals surface area contributed by atoms with Crippen LogP contribution < -0.4 is 5.32 Å². The van der Waals surface area contributed by atoms with Gasteiger partial charge in [-0.3, -0.25) is 0 Å². The number of nitrogens with one attached hydrogen (secondary N) is 1. The smallest absolute Gasteiger partial charge is 0.0992 e. The number of para-hydroxylation sites is 1. The van der Waals surface area contributed by atoms with E-state index in [1.54, 1.807) is 23.9 Å². The molecule has 2 heterocycles. The fourth-order valence-corrected chi connectivity index (χ4v) is 3.87. The molecule has 0 saturated carbocycles. The molecule has 0 aliphatic heterocycles. The van der Waals surface area contributed by atoms with Crippen LogP contribution in [0.3, 0.4) is 0 Å². The number of anilines is 1. The summed E-state index contributed by atoms with van der Waals surface area (Å²) >= 11 is 11.6. The fourth-order valence-electron chi connectivity index (χ4n) is 2.15. The van der Waals surface area contributed by atoms with Crippen molar-refractivity contribution in [2.24, 2.45) is 0 Å². The lowest BCUT2D eigenvalue weighted by atomic mass is 10.2. The molecule has 0 spiro atoms. The molecule has 1 aromatic carbocycles. The largest absolute Gasteiger partial charge is 0.376 e. The highest BCUT2D eigenvalue weighted by atomic mass is 79.9. The average molecular weight is 383 g/mol. The number of nitrogens with zero attached hydrogens (tertiary/aromatic N) is 2. The van der Waals surface area contributed by atoms with E-state index in [0.29, 0.717) is 5.02 Å². The maximum absolute atomic E-state index is 6.36. The van der Waals surface area contributed by atoms with E-state index >= 15 is 0 Å². The van der Waals surface area contributed by atoms with Gasteiger partial charge in [0.15, 0.2) is 0 Å². The molecule has 0 amide bonds. The Balaban J connectivity index is 1.94. The van der Waals surface area contributed by atoms with Gasteiger partial charge in [-0.25, -0.2) is 4.98 Å². The number of thiophene rings is 1. The average Bonchev–Trinajstić information content (AvgIpc) is 3.10. The molecule has 3 aromatic rings. The molecular formula is C15H13BrClN3S. The fraction of sp³-hybridized carbons (Fsp3) is 0.133. The number of imidazole rings is 1. The normalized spacial score (nSPS) is 12.3. The number of halogens is 2. The Hall–Kier alpha value is -1.30. The molecule has 1 atom stereocenters. The van der Waals surface area contributed by atoms with Crippen LogP contribution in [0.5, 0.6) is 0 Å². The zero-order valence-electron chi connectivity index (χ0n) is 11.3. The van der Waals surface area contributed by atoms with Gasteiger partial charge < -0.3 is 9.88 Å². The van der Waals surface area contributed by atoms with E-state index < -0.39 is 0 Å². The molecule has 6 heteroatoms. The van der Waals surface area contributed by atoms with Crippen LogP contribution in [-0.4, -0.2) is 9.55 Å². The summed E-state index contributed by atoms with van der Waals surface area (Å²) in [6.45, 7) is 2.14. The van der Waals surface area contributed by atoms with Gasteiger partial charge >= 0.3 is 0 Å². The van der Waals surface area contributed by atoms with Gasteiger partial charge in [0, 0.05) is 27.1 Å². The molecule has 0 aliphatic rings. The first-order chi connectivity index (χ1) is 10.1. The van der Waals surface area contributed by atoms with E-state index in [1.807, 2.05) is 29.0 Å². The molecule has 3 rings (SSSR count). The second kappa shape index (κ2) is 6.22. The van der Waals surface area contributed by atoms with Crippen molar-refractivity contribution in [1.29, 1.82) is 0 Å². The van der Waals surface area contributed by atoms with Gasteiger partial charge in [0.05, 0.1) is 28.8 Å². The minimum absolute atomic E-state index is 0.196. The van der Waals surface area contributed by atoms with Gasteiger partial charge in [-0.05, 0) is 41.1 Å². The molecule has 108 valence electrons. The summed E-state index contributed by atoms with van der Waals surface area (Å²) in [4.78, 5) is 5.36. The molecule has 0 aliphatic carbocycles. The van der Waals surface area contributed by atoms with Crippen molar-refractivity contribution >= 4 is 44.6 Å². The van der Waals surface area contributed by atoms with Gasteiger partial charge in [-0.2, -0.15) is 0 Å². The van der Waals surface area contributed by atoms with E-state index in [2.05, 4.69) is 44.6 Å². The summed E-state index contributed by atoms with van der Waals surface area (Å²) in [5.41, 5.74) is 1.90. The van der Waals surface area contributed by atoms with Crippen LogP contribution in [0.25, 0.3) is 5.69 Å². The van der Waals surface area contributed by atoms with Crippen molar-refractivity contribution in [3.05, 3.63) is 62.7 Å². The van der Waals surface area contributed by atoms with E-state index in [-0.39, 0.29) is 6.04 Å².